The second kappa shape index (κ2) is 6.82. The summed E-state index contributed by atoms with van der Waals surface area (Å²) in [7, 11) is 1.60. The first-order chi connectivity index (χ1) is 11.5. The van der Waals surface area contributed by atoms with Gasteiger partial charge in [0.2, 0.25) is 5.91 Å². The molecule has 0 spiro atoms. The van der Waals surface area contributed by atoms with Gasteiger partial charge in [0.05, 0.1) is 22.9 Å². The number of nitrogens with two attached hydrogens (primary N) is 1. The summed E-state index contributed by atoms with van der Waals surface area (Å²) in [6.45, 7) is 1.86. The number of carbonyl (C=O) groups excluding carboxylic acids is 2. The van der Waals surface area contributed by atoms with Crippen LogP contribution in [0.5, 0.6) is 5.75 Å². The van der Waals surface area contributed by atoms with Crippen molar-refractivity contribution in [3.8, 4) is 16.2 Å². The predicted molar refractivity (Wildman–Crippen MR) is 95.3 cm³/mol. The molecule has 0 aliphatic carbocycles. The van der Waals surface area contributed by atoms with E-state index in [-0.39, 0.29) is 5.91 Å². The average molecular weight is 363 g/mol. The van der Waals surface area contributed by atoms with E-state index in [0.29, 0.717) is 23.1 Å². The molecule has 2 N–H and O–H groups in total. The smallest absolute Gasteiger partial charge is 0.275 e. The molecule has 0 radical (unpaired) electrons. The molecule has 0 unspecified atom stereocenters. The molecule has 8 heteroatoms. The standard InChI is InChI=1S/C16H17N3O3S2/c1-9-18-13(16(21)19-8-23-7-12(19)15(17)20)14(24-9)10-4-3-5-11(6-10)22-2/h3-6,12H,7-8H2,1-2H3,(H2,17,20)/t12-/m0/s1. The predicted octanol–water partition coefficient (Wildman–Crippen LogP) is 2.13. The monoisotopic (exact) mass is 363 g/mol. The maximum absolute atomic E-state index is 12.9. The van der Waals surface area contributed by atoms with Crippen molar-refractivity contribution >= 4 is 34.9 Å². The van der Waals surface area contributed by atoms with Gasteiger partial charge in [-0.25, -0.2) is 4.98 Å². The summed E-state index contributed by atoms with van der Waals surface area (Å²) in [6.07, 6.45) is 0. The molecule has 1 aliphatic heterocycles. The first-order valence-electron chi connectivity index (χ1n) is 7.31. The Labute approximate surface area is 148 Å². The van der Waals surface area contributed by atoms with E-state index >= 15 is 0 Å². The fourth-order valence-electron chi connectivity index (χ4n) is 2.55. The van der Waals surface area contributed by atoms with Gasteiger partial charge in [0.1, 0.15) is 17.5 Å². The molecule has 0 bridgehead atoms. The van der Waals surface area contributed by atoms with Gasteiger partial charge < -0.3 is 15.4 Å². The minimum atomic E-state index is -0.581. The topological polar surface area (TPSA) is 85.5 Å². The minimum absolute atomic E-state index is 0.258. The van der Waals surface area contributed by atoms with Gasteiger partial charge in [-0.15, -0.1) is 23.1 Å². The maximum Gasteiger partial charge on any atom is 0.275 e. The number of aryl methyl sites for hydroxylation is 1. The second-order valence-electron chi connectivity index (χ2n) is 5.34. The fraction of sp³-hybridized carbons (Fsp3) is 0.312. The zero-order valence-corrected chi connectivity index (χ0v) is 14.9. The fourth-order valence-corrected chi connectivity index (χ4v) is 4.62. The number of benzene rings is 1. The Hall–Kier alpha value is -2.06. The van der Waals surface area contributed by atoms with Gasteiger partial charge in [0.15, 0.2) is 0 Å². The van der Waals surface area contributed by atoms with Crippen LogP contribution in [-0.2, 0) is 4.79 Å². The molecule has 1 aromatic heterocycles. The number of carbonyl (C=O) groups is 2. The highest BCUT2D eigenvalue weighted by Gasteiger charge is 2.36. The Morgan fingerprint density at radius 2 is 2.21 bits per heavy atom. The van der Waals surface area contributed by atoms with Crippen LogP contribution in [0.4, 0.5) is 0 Å². The van der Waals surface area contributed by atoms with Gasteiger partial charge in [-0.1, -0.05) is 12.1 Å². The van der Waals surface area contributed by atoms with Crippen molar-refractivity contribution in [1.29, 1.82) is 0 Å². The van der Waals surface area contributed by atoms with Gasteiger partial charge in [0, 0.05) is 5.75 Å². The number of thiazole rings is 1. The largest absolute Gasteiger partial charge is 0.497 e. The molecule has 1 atom stereocenters. The number of ether oxygens (including phenoxy) is 1. The summed E-state index contributed by atoms with van der Waals surface area (Å²) < 4.78 is 5.26. The number of nitrogens with zero attached hydrogens (tertiary/aromatic N) is 2. The van der Waals surface area contributed by atoms with Crippen LogP contribution < -0.4 is 10.5 Å². The van der Waals surface area contributed by atoms with E-state index in [0.717, 1.165) is 15.4 Å². The Kier molecular flexibility index (Phi) is 4.77. The highest BCUT2D eigenvalue weighted by atomic mass is 32.2. The molecule has 6 nitrogen and oxygen atoms in total. The van der Waals surface area contributed by atoms with Crippen LogP contribution in [0.25, 0.3) is 10.4 Å². The van der Waals surface area contributed by atoms with Crippen LogP contribution in [0.3, 0.4) is 0 Å². The molecule has 1 aliphatic rings. The molecular weight excluding hydrogens is 346 g/mol. The summed E-state index contributed by atoms with van der Waals surface area (Å²) >= 11 is 2.96. The van der Waals surface area contributed by atoms with Gasteiger partial charge in [-0.05, 0) is 24.6 Å². The van der Waals surface area contributed by atoms with Crippen LogP contribution in [0.1, 0.15) is 15.5 Å². The minimum Gasteiger partial charge on any atom is -0.497 e. The molecule has 1 fully saturated rings. The number of rotatable bonds is 4. The summed E-state index contributed by atoms with van der Waals surface area (Å²) in [5.41, 5.74) is 6.64. The van der Waals surface area contributed by atoms with Crippen LogP contribution >= 0.6 is 23.1 Å². The normalized spacial score (nSPS) is 17.1. The highest BCUT2D eigenvalue weighted by Crippen LogP contribution is 2.34. The third-order valence-corrected chi connectivity index (χ3v) is 5.77. The maximum atomic E-state index is 12.9. The van der Waals surface area contributed by atoms with E-state index in [4.69, 9.17) is 10.5 Å². The van der Waals surface area contributed by atoms with Gasteiger partial charge in [-0.3, -0.25) is 9.59 Å². The highest BCUT2D eigenvalue weighted by molar-refractivity contribution is 7.99. The molecule has 3 rings (SSSR count). The first kappa shape index (κ1) is 16.8. The third-order valence-electron chi connectivity index (χ3n) is 3.74. The lowest BCUT2D eigenvalue weighted by atomic mass is 10.1. The average Bonchev–Trinajstić information content (AvgIpc) is 3.21. The summed E-state index contributed by atoms with van der Waals surface area (Å²) in [6, 6.07) is 6.92. The Morgan fingerprint density at radius 3 is 2.92 bits per heavy atom. The van der Waals surface area contributed by atoms with E-state index < -0.39 is 11.9 Å². The lowest BCUT2D eigenvalue weighted by Gasteiger charge is -2.20. The summed E-state index contributed by atoms with van der Waals surface area (Å²) in [5.74, 6) is 0.942. The number of methoxy groups -OCH3 is 1. The molecule has 1 saturated heterocycles. The lowest BCUT2D eigenvalue weighted by molar-refractivity contribution is -0.121. The van der Waals surface area contributed by atoms with Crippen molar-refractivity contribution in [3.05, 3.63) is 35.0 Å². The van der Waals surface area contributed by atoms with Crippen molar-refractivity contribution < 1.29 is 14.3 Å². The summed E-state index contributed by atoms with van der Waals surface area (Å²) in [4.78, 5) is 31.2. The van der Waals surface area contributed by atoms with Crippen LogP contribution in [0.2, 0.25) is 0 Å². The van der Waals surface area contributed by atoms with E-state index in [1.54, 1.807) is 7.11 Å². The number of hydrogen-bond acceptors (Lipinski definition) is 6. The van der Waals surface area contributed by atoms with Crippen LogP contribution in [0, 0.1) is 6.92 Å². The molecule has 1 aromatic carbocycles. The van der Waals surface area contributed by atoms with Crippen molar-refractivity contribution in [1.82, 2.24) is 9.88 Å². The second-order valence-corrected chi connectivity index (χ2v) is 7.54. The lowest BCUT2D eigenvalue weighted by Crippen LogP contribution is -2.45. The number of primary amides is 1. The molecule has 24 heavy (non-hydrogen) atoms. The number of thioether (sulfide) groups is 1. The van der Waals surface area contributed by atoms with Gasteiger partial charge in [-0.2, -0.15) is 0 Å². The van der Waals surface area contributed by atoms with Crippen LogP contribution in [0.15, 0.2) is 24.3 Å². The zero-order chi connectivity index (χ0) is 17.3. The molecule has 126 valence electrons. The van der Waals surface area contributed by atoms with E-state index in [1.807, 2.05) is 31.2 Å². The van der Waals surface area contributed by atoms with E-state index in [9.17, 15) is 9.59 Å². The van der Waals surface area contributed by atoms with Crippen molar-refractivity contribution in [3.63, 3.8) is 0 Å². The van der Waals surface area contributed by atoms with Gasteiger partial charge in [0.25, 0.3) is 5.91 Å². The number of hydrogen-bond donors (Lipinski definition) is 1. The number of amides is 2. The van der Waals surface area contributed by atoms with Crippen molar-refractivity contribution in [2.75, 3.05) is 18.7 Å². The Balaban J connectivity index is 2.00. The molecular formula is C16H17N3O3S2. The SMILES string of the molecule is COc1cccc(-c2sc(C)nc2C(=O)N2CSC[C@H]2C(N)=O)c1. The quantitative estimate of drug-likeness (QED) is 0.899. The van der Waals surface area contributed by atoms with E-state index in [2.05, 4.69) is 4.98 Å². The Morgan fingerprint density at radius 1 is 1.42 bits per heavy atom. The summed E-state index contributed by atoms with van der Waals surface area (Å²) in [5, 5.41) is 0.790. The molecule has 2 heterocycles. The van der Waals surface area contributed by atoms with E-state index in [1.165, 1.54) is 28.0 Å². The van der Waals surface area contributed by atoms with Gasteiger partial charge >= 0.3 is 0 Å². The molecule has 2 amide bonds. The molecule has 0 saturated carbocycles. The molecule has 2 aromatic rings. The Bertz CT molecular complexity index is 791. The number of aromatic nitrogens is 1. The first-order valence-corrected chi connectivity index (χ1v) is 9.28. The third kappa shape index (κ3) is 3.11. The zero-order valence-electron chi connectivity index (χ0n) is 13.3. The van der Waals surface area contributed by atoms with Crippen LogP contribution in [-0.4, -0.2) is 46.5 Å². The van der Waals surface area contributed by atoms with Crippen molar-refractivity contribution in [2.24, 2.45) is 5.73 Å². The van der Waals surface area contributed by atoms with Crippen molar-refractivity contribution in [2.45, 2.75) is 13.0 Å².